The molecule has 0 amide bonds. The van der Waals surface area contributed by atoms with Crippen molar-refractivity contribution in [3.63, 3.8) is 0 Å². The highest BCUT2D eigenvalue weighted by Crippen LogP contribution is 2.25. The predicted molar refractivity (Wildman–Crippen MR) is 111 cm³/mol. The van der Waals surface area contributed by atoms with Gasteiger partial charge in [0.25, 0.3) is 0 Å². The smallest absolute Gasteiger partial charge is 0.193 e. The molecule has 0 heterocycles. The summed E-state index contributed by atoms with van der Waals surface area (Å²) >= 11 is 0. The maximum absolute atomic E-state index is 12.8. The second-order valence-corrected chi connectivity index (χ2v) is 6.58. The molecule has 0 aromatic heterocycles. The first-order valence-corrected chi connectivity index (χ1v) is 8.94. The Balaban J connectivity index is 1.55. The van der Waals surface area contributed by atoms with E-state index in [1.165, 1.54) is 0 Å². The zero-order valence-corrected chi connectivity index (χ0v) is 15.0. The van der Waals surface area contributed by atoms with Gasteiger partial charge in [-0.05, 0) is 46.5 Å². The van der Waals surface area contributed by atoms with Crippen LogP contribution >= 0.6 is 0 Å². The number of rotatable bonds is 4. The summed E-state index contributed by atoms with van der Waals surface area (Å²) in [4.78, 5) is 12.8. The number of hydrogen-bond donors (Lipinski definition) is 2. The Morgan fingerprint density at radius 1 is 0.500 bits per heavy atom. The van der Waals surface area contributed by atoms with E-state index < -0.39 is 0 Å². The van der Waals surface area contributed by atoms with Crippen LogP contribution < -0.4 is 0 Å². The van der Waals surface area contributed by atoms with E-state index in [-0.39, 0.29) is 17.3 Å². The number of carbonyl (C=O) groups excluding carboxylic acids is 1. The minimum Gasteiger partial charge on any atom is -0.508 e. The Bertz CT molecular complexity index is 1110. The van der Waals surface area contributed by atoms with Gasteiger partial charge in [0, 0.05) is 11.1 Å². The fraction of sp³-hybridized carbons (Fsp3) is 0. The van der Waals surface area contributed by atoms with Gasteiger partial charge in [-0.1, -0.05) is 72.8 Å². The molecule has 0 saturated heterocycles. The van der Waals surface area contributed by atoms with E-state index in [0.29, 0.717) is 11.1 Å². The summed E-state index contributed by atoms with van der Waals surface area (Å²) in [6, 6.07) is 28.8. The fourth-order valence-corrected chi connectivity index (χ4v) is 3.13. The molecule has 0 radical (unpaired) electrons. The standard InChI is InChI=1S/C25H18O3/c26-23-14-12-18(13-15-23)17-4-8-20(9-5-17)25(28)21-10-6-19(7-11-21)22-2-1-3-24(27)16-22/h1-16,26-27H. The van der Waals surface area contributed by atoms with Gasteiger partial charge in [0.15, 0.2) is 5.78 Å². The molecule has 136 valence electrons. The summed E-state index contributed by atoms with van der Waals surface area (Å²) in [5.74, 6) is 0.399. The molecule has 0 saturated carbocycles. The van der Waals surface area contributed by atoms with E-state index in [0.717, 1.165) is 22.3 Å². The molecular formula is C25H18O3. The Morgan fingerprint density at radius 3 is 1.46 bits per heavy atom. The Hall–Kier alpha value is -3.85. The molecule has 0 atom stereocenters. The van der Waals surface area contributed by atoms with E-state index in [4.69, 9.17) is 0 Å². The molecule has 3 heteroatoms. The summed E-state index contributed by atoms with van der Waals surface area (Å²) in [6.45, 7) is 0. The quantitative estimate of drug-likeness (QED) is 0.458. The zero-order valence-electron chi connectivity index (χ0n) is 15.0. The molecule has 3 nitrogen and oxygen atoms in total. The van der Waals surface area contributed by atoms with Crippen molar-refractivity contribution in [2.24, 2.45) is 0 Å². The van der Waals surface area contributed by atoms with Crippen molar-refractivity contribution < 1.29 is 15.0 Å². The van der Waals surface area contributed by atoms with Crippen molar-refractivity contribution in [1.82, 2.24) is 0 Å². The van der Waals surface area contributed by atoms with Crippen LogP contribution in [0.25, 0.3) is 22.3 Å². The van der Waals surface area contributed by atoms with Crippen LogP contribution in [0.15, 0.2) is 97.1 Å². The maximum Gasteiger partial charge on any atom is 0.193 e. The molecule has 0 aliphatic rings. The molecule has 0 aliphatic carbocycles. The lowest BCUT2D eigenvalue weighted by Gasteiger charge is -2.06. The maximum atomic E-state index is 12.8. The van der Waals surface area contributed by atoms with Gasteiger partial charge in [-0.3, -0.25) is 4.79 Å². The second-order valence-electron chi connectivity index (χ2n) is 6.58. The summed E-state index contributed by atoms with van der Waals surface area (Å²) < 4.78 is 0. The Morgan fingerprint density at radius 2 is 0.964 bits per heavy atom. The van der Waals surface area contributed by atoms with Crippen molar-refractivity contribution in [3.05, 3.63) is 108 Å². The lowest BCUT2D eigenvalue weighted by molar-refractivity contribution is 0.103. The number of benzene rings is 4. The van der Waals surface area contributed by atoms with Gasteiger partial charge in [-0.2, -0.15) is 0 Å². The first-order valence-electron chi connectivity index (χ1n) is 8.94. The summed E-state index contributed by atoms with van der Waals surface area (Å²) in [7, 11) is 0. The zero-order chi connectivity index (χ0) is 19.5. The second kappa shape index (κ2) is 7.41. The fourth-order valence-electron chi connectivity index (χ4n) is 3.13. The number of aromatic hydroxyl groups is 2. The van der Waals surface area contributed by atoms with Crippen LogP contribution in [-0.2, 0) is 0 Å². The SMILES string of the molecule is O=C(c1ccc(-c2ccc(O)cc2)cc1)c1ccc(-c2cccc(O)c2)cc1. The third-order valence-electron chi connectivity index (χ3n) is 4.67. The molecule has 0 unspecified atom stereocenters. The van der Waals surface area contributed by atoms with Gasteiger partial charge in [0.05, 0.1) is 0 Å². The number of ketones is 1. The van der Waals surface area contributed by atoms with Gasteiger partial charge in [0.2, 0.25) is 0 Å². The van der Waals surface area contributed by atoms with E-state index in [9.17, 15) is 15.0 Å². The van der Waals surface area contributed by atoms with Crippen LogP contribution in [0.4, 0.5) is 0 Å². The highest BCUT2D eigenvalue weighted by molar-refractivity contribution is 6.09. The lowest BCUT2D eigenvalue weighted by atomic mass is 9.97. The Labute approximate surface area is 163 Å². The monoisotopic (exact) mass is 366 g/mol. The van der Waals surface area contributed by atoms with Gasteiger partial charge >= 0.3 is 0 Å². The van der Waals surface area contributed by atoms with Crippen molar-refractivity contribution in [2.75, 3.05) is 0 Å². The first kappa shape index (κ1) is 17.6. The van der Waals surface area contributed by atoms with Crippen LogP contribution in [0.3, 0.4) is 0 Å². The van der Waals surface area contributed by atoms with Crippen molar-refractivity contribution in [1.29, 1.82) is 0 Å². The molecule has 0 spiro atoms. The van der Waals surface area contributed by atoms with Gasteiger partial charge in [-0.15, -0.1) is 0 Å². The number of phenols is 2. The van der Waals surface area contributed by atoms with Crippen molar-refractivity contribution in [3.8, 4) is 33.8 Å². The molecule has 2 N–H and O–H groups in total. The van der Waals surface area contributed by atoms with Crippen LogP contribution in [0.5, 0.6) is 11.5 Å². The molecule has 0 aliphatic heterocycles. The summed E-state index contributed by atoms with van der Waals surface area (Å²) in [5, 5.41) is 19.0. The number of carbonyl (C=O) groups is 1. The van der Waals surface area contributed by atoms with Gasteiger partial charge in [0.1, 0.15) is 11.5 Å². The summed E-state index contributed by atoms with van der Waals surface area (Å²) in [5.41, 5.74) is 5.03. The average molecular weight is 366 g/mol. The minimum absolute atomic E-state index is 0.0419. The highest BCUT2D eigenvalue weighted by atomic mass is 16.3. The van der Waals surface area contributed by atoms with E-state index in [2.05, 4.69) is 0 Å². The molecule has 4 rings (SSSR count). The third kappa shape index (κ3) is 3.64. The molecule has 4 aromatic rings. The largest absolute Gasteiger partial charge is 0.508 e. The number of hydrogen-bond acceptors (Lipinski definition) is 3. The normalized spacial score (nSPS) is 10.6. The van der Waals surface area contributed by atoms with E-state index >= 15 is 0 Å². The van der Waals surface area contributed by atoms with E-state index in [1.807, 2.05) is 54.6 Å². The topological polar surface area (TPSA) is 57.5 Å². The molecule has 0 fully saturated rings. The lowest BCUT2D eigenvalue weighted by Crippen LogP contribution is -2.00. The van der Waals surface area contributed by atoms with Crippen molar-refractivity contribution >= 4 is 5.78 Å². The van der Waals surface area contributed by atoms with Crippen molar-refractivity contribution in [2.45, 2.75) is 0 Å². The molecule has 4 aromatic carbocycles. The van der Waals surface area contributed by atoms with Crippen LogP contribution in [0, 0.1) is 0 Å². The van der Waals surface area contributed by atoms with E-state index in [1.54, 1.807) is 42.5 Å². The third-order valence-corrected chi connectivity index (χ3v) is 4.67. The minimum atomic E-state index is -0.0419. The van der Waals surface area contributed by atoms with Crippen LogP contribution in [0.2, 0.25) is 0 Å². The molecule has 28 heavy (non-hydrogen) atoms. The molecule has 0 bridgehead atoms. The summed E-state index contributed by atoms with van der Waals surface area (Å²) in [6.07, 6.45) is 0. The highest BCUT2D eigenvalue weighted by Gasteiger charge is 2.10. The van der Waals surface area contributed by atoms with Crippen LogP contribution in [-0.4, -0.2) is 16.0 Å². The predicted octanol–water partition coefficient (Wildman–Crippen LogP) is 5.66. The molecular weight excluding hydrogens is 348 g/mol. The van der Waals surface area contributed by atoms with Gasteiger partial charge < -0.3 is 10.2 Å². The average Bonchev–Trinajstić information content (AvgIpc) is 2.74. The Kier molecular flexibility index (Phi) is 4.65. The van der Waals surface area contributed by atoms with Gasteiger partial charge in [-0.25, -0.2) is 0 Å². The number of phenolic OH excluding ortho intramolecular Hbond substituents is 2. The van der Waals surface area contributed by atoms with Crippen LogP contribution in [0.1, 0.15) is 15.9 Å². The first-order chi connectivity index (χ1) is 13.6.